The third-order valence-electron chi connectivity index (χ3n) is 4.44. The molecule has 2 atom stereocenters. The van der Waals surface area contributed by atoms with Crippen molar-refractivity contribution < 1.29 is 4.79 Å². The Morgan fingerprint density at radius 2 is 2.05 bits per heavy atom. The summed E-state index contributed by atoms with van der Waals surface area (Å²) in [5.74, 6) is 0.803. The van der Waals surface area contributed by atoms with Gasteiger partial charge in [0.15, 0.2) is 0 Å². The van der Waals surface area contributed by atoms with Crippen molar-refractivity contribution in [3.8, 4) is 0 Å². The summed E-state index contributed by atoms with van der Waals surface area (Å²) in [6, 6.07) is 7.80. The van der Waals surface area contributed by atoms with Gasteiger partial charge in [0.1, 0.15) is 6.54 Å². The Bertz CT molecular complexity index is 692. The second kappa shape index (κ2) is 6.30. The second-order valence-corrected chi connectivity index (χ2v) is 6.17. The summed E-state index contributed by atoms with van der Waals surface area (Å²) >= 11 is 0. The zero-order valence-corrected chi connectivity index (χ0v) is 13.1. The van der Waals surface area contributed by atoms with Crippen molar-refractivity contribution in [2.45, 2.75) is 39.7 Å². The summed E-state index contributed by atoms with van der Waals surface area (Å²) in [4.78, 5) is 16.4. The fourth-order valence-corrected chi connectivity index (χ4v) is 3.19. The molecule has 0 radical (unpaired) electrons. The van der Waals surface area contributed by atoms with Crippen LogP contribution in [0.15, 0.2) is 35.7 Å². The maximum Gasteiger partial charge on any atom is 0.260 e. The predicted molar refractivity (Wildman–Crippen MR) is 87.5 cm³/mol. The molecule has 1 aromatic heterocycles. The third-order valence-corrected chi connectivity index (χ3v) is 4.44. The molecule has 1 N–H and O–H groups in total. The van der Waals surface area contributed by atoms with Crippen molar-refractivity contribution in [2.75, 3.05) is 0 Å². The number of amides is 1. The molecule has 5 heteroatoms. The fraction of sp³-hybridized carbons (Fsp3) is 0.471. The van der Waals surface area contributed by atoms with Crippen molar-refractivity contribution in [1.82, 2.24) is 15.0 Å². The number of fused-ring (bicyclic) bond motifs is 1. The first-order chi connectivity index (χ1) is 10.6. The van der Waals surface area contributed by atoms with Crippen molar-refractivity contribution in [2.24, 2.45) is 16.9 Å². The lowest BCUT2D eigenvalue weighted by atomic mass is 9.81. The van der Waals surface area contributed by atoms with E-state index < -0.39 is 0 Å². The van der Waals surface area contributed by atoms with Crippen molar-refractivity contribution in [1.29, 1.82) is 0 Å². The number of hydrogen-bond donors (Lipinski definition) is 1. The highest BCUT2D eigenvalue weighted by molar-refractivity contribution is 5.90. The number of nitrogens with one attached hydrogen (secondary N) is 1. The first-order valence-electron chi connectivity index (χ1n) is 7.91. The van der Waals surface area contributed by atoms with E-state index in [-0.39, 0.29) is 12.5 Å². The number of carbonyl (C=O) groups is 1. The average molecular weight is 298 g/mol. The minimum absolute atomic E-state index is 0.111. The SMILES string of the molecule is C[C@@H]1CCC[C@@H](C)C1=NNC(=O)Cn1cnc2ccccc21. The van der Waals surface area contributed by atoms with Gasteiger partial charge in [-0.05, 0) is 36.8 Å². The second-order valence-electron chi connectivity index (χ2n) is 6.17. The predicted octanol–water partition coefficient (Wildman–Crippen LogP) is 2.96. The van der Waals surface area contributed by atoms with Crippen LogP contribution in [-0.2, 0) is 11.3 Å². The zero-order chi connectivity index (χ0) is 15.5. The van der Waals surface area contributed by atoms with E-state index >= 15 is 0 Å². The van der Waals surface area contributed by atoms with E-state index in [1.54, 1.807) is 6.33 Å². The van der Waals surface area contributed by atoms with Crippen LogP contribution in [0, 0.1) is 11.8 Å². The van der Waals surface area contributed by atoms with Crippen LogP contribution < -0.4 is 5.43 Å². The van der Waals surface area contributed by atoms with Gasteiger partial charge in [-0.2, -0.15) is 5.10 Å². The first kappa shape index (κ1) is 14.8. The van der Waals surface area contributed by atoms with Crippen LogP contribution in [0.4, 0.5) is 0 Å². The van der Waals surface area contributed by atoms with Gasteiger partial charge >= 0.3 is 0 Å². The number of rotatable bonds is 3. The normalized spacial score (nSPS) is 21.8. The molecule has 0 bridgehead atoms. The van der Waals surface area contributed by atoms with Crippen LogP contribution in [0.3, 0.4) is 0 Å². The summed E-state index contributed by atoms with van der Waals surface area (Å²) in [7, 11) is 0. The maximum absolute atomic E-state index is 12.1. The molecule has 1 amide bonds. The first-order valence-corrected chi connectivity index (χ1v) is 7.91. The molecule has 1 heterocycles. The zero-order valence-electron chi connectivity index (χ0n) is 13.1. The number of hydrazone groups is 1. The Kier molecular flexibility index (Phi) is 4.22. The molecule has 1 fully saturated rings. The van der Waals surface area contributed by atoms with E-state index in [4.69, 9.17) is 0 Å². The van der Waals surface area contributed by atoms with Crippen molar-refractivity contribution in [3.05, 3.63) is 30.6 Å². The Hall–Kier alpha value is -2.17. The van der Waals surface area contributed by atoms with Gasteiger partial charge in [-0.1, -0.05) is 32.4 Å². The van der Waals surface area contributed by atoms with E-state index in [1.165, 1.54) is 6.42 Å². The number of imidazole rings is 1. The molecule has 0 unspecified atom stereocenters. The van der Waals surface area contributed by atoms with E-state index in [1.807, 2.05) is 28.8 Å². The summed E-state index contributed by atoms with van der Waals surface area (Å²) in [6.07, 6.45) is 5.26. The van der Waals surface area contributed by atoms with Gasteiger partial charge in [0.2, 0.25) is 0 Å². The van der Waals surface area contributed by atoms with Gasteiger partial charge in [0, 0.05) is 5.71 Å². The largest absolute Gasteiger partial charge is 0.321 e. The minimum atomic E-state index is -0.111. The van der Waals surface area contributed by atoms with Crippen LogP contribution >= 0.6 is 0 Å². The average Bonchev–Trinajstić information content (AvgIpc) is 2.90. The van der Waals surface area contributed by atoms with Crippen LogP contribution in [0.5, 0.6) is 0 Å². The lowest BCUT2D eigenvalue weighted by Crippen LogP contribution is -2.30. The Morgan fingerprint density at radius 3 is 2.82 bits per heavy atom. The van der Waals surface area contributed by atoms with Crippen LogP contribution in [-0.4, -0.2) is 21.2 Å². The molecule has 116 valence electrons. The van der Waals surface area contributed by atoms with Crippen LogP contribution in [0.1, 0.15) is 33.1 Å². The lowest BCUT2D eigenvalue weighted by molar-refractivity contribution is -0.121. The summed E-state index contributed by atoms with van der Waals surface area (Å²) < 4.78 is 1.85. The molecule has 1 aliphatic rings. The van der Waals surface area contributed by atoms with Gasteiger partial charge in [-0.3, -0.25) is 4.79 Å². The molecule has 1 saturated carbocycles. The molecule has 3 rings (SSSR count). The highest BCUT2D eigenvalue weighted by Crippen LogP contribution is 2.25. The molecule has 2 aromatic rings. The van der Waals surface area contributed by atoms with E-state index in [9.17, 15) is 4.79 Å². The van der Waals surface area contributed by atoms with Crippen molar-refractivity contribution >= 4 is 22.7 Å². The maximum atomic E-state index is 12.1. The number of aromatic nitrogens is 2. The number of hydrogen-bond acceptors (Lipinski definition) is 3. The topological polar surface area (TPSA) is 59.3 Å². The molecular weight excluding hydrogens is 276 g/mol. The standard InChI is InChI=1S/C17H22N4O/c1-12-6-5-7-13(2)17(12)20-19-16(22)10-21-11-18-14-8-3-4-9-15(14)21/h3-4,8-9,11-13H,5-7,10H2,1-2H3,(H,19,22)/t12-,13-/m1/s1. The highest BCUT2D eigenvalue weighted by atomic mass is 16.2. The Morgan fingerprint density at radius 1 is 1.32 bits per heavy atom. The summed E-state index contributed by atoms with van der Waals surface area (Å²) in [5.41, 5.74) is 5.70. The number of benzene rings is 1. The van der Waals surface area contributed by atoms with E-state index in [2.05, 4.69) is 29.4 Å². The van der Waals surface area contributed by atoms with E-state index in [0.29, 0.717) is 11.8 Å². The van der Waals surface area contributed by atoms with Gasteiger partial charge in [-0.25, -0.2) is 10.4 Å². The fourth-order valence-electron chi connectivity index (χ4n) is 3.19. The molecule has 0 saturated heterocycles. The molecule has 1 aliphatic carbocycles. The van der Waals surface area contributed by atoms with Gasteiger partial charge in [-0.15, -0.1) is 0 Å². The Balaban J connectivity index is 1.67. The quantitative estimate of drug-likeness (QED) is 0.886. The summed E-state index contributed by atoms with van der Waals surface area (Å²) in [5, 5.41) is 4.39. The monoisotopic (exact) mass is 298 g/mol. The summed E-state index contributed by atoms with van der Waals surface area (Å²) in [6.45, 7) is 4.61. The number of nitrogens with zero attached hydrogens (tertiary/aromatic N) is 3. The molecule has 0 spiro atoms. The van der Waals surface area contributed by atoms with Gasteiger partial charge in [0.05, 0.1) is 17.4 Å². The lowest BCUT2D eigenvalue weighted by Gasteiger charge is -2.26. The van der Waals surface area contributed by atoms with Gasteiger partial charge < -0.3 is 4.57 Å². The number of para-hydroxylation sites is 2. The minimum Gasteiger partial charge on any atom is -0.321 e. The smallest absolute Gasteiger partial charge is 0.260 e. The van der Waals surface area contributed by atoms with E-state index in [0.717, 1.165) is 29.6 Å². The molecule has 1 aromatic carbocycles. The van der Waals surface area contributed by atoms with Crippen molar-refractivity contribution in [3.63, 3.8) is 0 Å². The molecule has 0 aliphatic heterocycles. The highest BCUT2D eigenvalue weighted by Gasteiger charge is 2.23. The number of carbonyl (C=O) groups excluding carboxylic acids is 1. The Labute approximate surface area is 130 Å². The molecule has 5 nitrogen and oxygen atoms in total. The third kappa shape index (κ3) is 3.03. The van der Waals surface area contributed by atoms with Crippen LogP contribution in [0.2, 0.25) is 0 Å². The molecular formula is C17H22N4O. The molecule has 22 heavy (non-hydrogen) atoms. The van der Waals surface area contributed by atoms with Crippen LogP contribution in [0.25, 0.3) is 11.0 Å². The van der Waals surface area contributed by atoms with Gasteiger partial charge in [0.25, 0.3) is 5.91 Å².